The number of benzene rings is 1. The van der Waals surface area contributed by atoms with Crippen molar-refractivity contribution < 1.29 is 0 Å². The summed E-state index contributed by atoms with van der Waals surface area (Å²) in [5, 5.41) is 4.37. The summed E-state index contributed by atoms with van der Waals surface area (Å²) < 4.78 is 1.15. The van der Waals surface area contributed by atoms with E-state index in [1.165, 1.54) is 14.8 Å². The van der Waals surface area contributed by atoms with Crippen LogP contribution in [0.1, 0.15) is 15.6 Å². The maximum absolute atomic E-state index is 4.62. The average Bonchev–Trinajstić information content (AvgIpc) is 2.70. The molecule has 0 unspecified atom stereocenters. The Morgan fingerprint density at radius 2 is 2.17 bits per heavy atom. The zero-order valence-electron chi connectivity index (χ0n) is 10.4. The van der Waals surface area contributed by atoms with E-state index in [1.807, 2.05) is 24.9 Å². The minimum Gasteiger partial charge on any atom is -0.315 e. The summed E-state index contributed by atoms with van der Waals surface area (Å²) in [6, 6.07) is 8.30. The molecule has 0 atom stereocenters. The molecule has 0 bridgehead atoms. The Balaban J connectivity index is 2.02. The van der Waals surface area contributed by atoms with Crippen LogP contribution in [0, 0.1) is 6.92 Å². The number of thiazole rings is 1. The van der Waals surface area contributed by atoms with Crippen LogP contribution in [0.2, 0.25) is 0 Å². The van der Waals surface area contributed by atoms with Crippen LogP contribution < -0.4 is 5.32 Å². The SMILES string of the molecule is CNCc1sc(CSc2ccccc2Br)nc1C. The number of thioether (sulfide) groups is 1. The van der Waals surface area contributed by atoms with Crippen molar-refractivity contribution in [1.82, 2.24) is 10.3 Å². The van der Waals surface area contributed by atoms with Gasteiger partial charge in [-0.15, -0.1) is 23.1 Å². The summed E-state index contributed by atoms with van der Waals surface area (Å²) in [5.74, 6) is 0.928. The summed E-state index contributed by atoms with van der Waals surface area (Å²) in [6.45, 7) is 2.99. The second-order valence-corrected chi connectivity index (χ2v) is 6.91. The summed E-state index contributed by atoms with van der Waals surface area (Å²) >= 11 is 7.19. The molecular weight excluding hydrogens is 328 g/mol. The van der Waals surface area contributed by atoms with Crippen molar-refractivity contribution in [3.05, 3.63) is 44.3 Å². The Morgan fingerprint density at radius 1 is 1.39 bits per heavy atom. The molecule has 0 aliphatic carbocycles. The molecule has 0 spiro atoms. The number of nitrogens with zero attached hydrogens (tertiary/aromatic N) is 1. The highest BCUT2D eigenvalue weighted by molar-refractivity contribution is 9.10. The van der Waals surface area contributed by atoms with E-state index in [4.69, 9.17) is 0 Å². The van der Waals surface area contributed by atoms with Gasteiger partial charge in [-0.25, -0.2) is 4.98 Å². The molecular formula is C13H15BrN2S2. The van der Waals surface area contributed by atoms with Gasteiger partial charge in [0.15, 0.2) is 0 Å². The number of nitrogens with one attached hydrogen (secondary N) is 1. The molecule has 0 aliphatic rings. The molecule has 0 fully saturated rings. The van der Waals surface area contributed by atoms with Gasteiger partial charge in [0.1, 0.15) is 5.01 Å². The van der Waals surface area contributed by atoms with Crippen LogP contribution in [0.5, 0.6) is 0 Å². The lowest BCUT2D eigenvalue weighted by Gasteiger charge is -2.01. The van der Waals surface area contributed by atoms with E-state index in [0.717, 1.165) is 22.5 Å². The standard InChI is InChI=1S/C13H15BrN2S2/c1-9-12(7-15-2)18-13(16-9)8-17-11-6-4-3-5-10(11)14/h3-6,15H,7-8H2,1-2H3. The van der Waals surface area contributed by atoms with E-state index in [2.05, 4.69) is 51.4 Å². The fourth-order valence-corrected chi connectivity index (χ4v) is 4.22. The third kappa shape index (κ3) is 3.57. The summed E-state index contributed by atoms with van der Waals surface area (Å²) in [7, 11) is 1.97. The number of aromatic nitrogens is 1. The van der Waals surface area contributed by atoms with Crippen molar-refractivity contribution in [2.24, 2.45) is 0 Å². The van der Waals surface area contributed by atoms with Crippen molar-refractivity contribution in [3.63, 3.8) is 0 Å². The third-order valence-electron chi connectivity index (χ3n) is 2.46. The van der Waals surface area contributed by atoms with Gasteiger partial charge in [-0.05, 0) is 42.0 Å². The van der Waals surface area contributed by atoms with Crippen LogP contribution >= 0.6 is 39.0 Å². The van der Waals surface area contributed by atoms with Crippen LogP contribution in [0.25, 0.3) is 0 Å². The van der Waals surface area contributed by atoms with E-state index >= 15 is 0 Å². The second kappa shape index (κ2) is 6.70. The molecule has 0 radical (unpaired) electrons. The smallest absolute Gasteiger partial charge is 0.103 e. The van der Waals surface area contributed by atoms with E-state index in [0.29, 0.717) is 0 Å². The number of halogens is 1. The molecule has 1 heterocycles. The van der Waals surface area contributed by atoms with Gasteiger partial charge in [0.25, 0.3) is 0 Å². The van der Waals surface area contributed by atoms with Gasteiger partial charge < -0.3 is 5.32 Å². The van der Waals surface area contributed by atoms with Gasteiger partial charge in [0.05, 0.1) is 11.4 Å². The highest BCUT2D eigenvalue weighted by atomic mass is 79.9. The van der Waals surface area contributed by atoms with E-state index in [-0.39, 0.29) is 0 Å². The zero-order chi connectivity index (χ0) is 13.0. The first-order valence-electron chi connectivity index (χ1n) is 5.68. The Bertz CT molecular complexity index is 525. The first-order chi connectivity index (χ1) is 8.70. The predicted octanol–water partition coefficient (Wildman–Crippen LogP) is 4.23. The maximum atomic E-state index is 4.62. The number of hydrogen-bond acceptors (Lipinski definition) is 4. The lowest BCUT2D eigenvalue weighted by Crippen LogP contribution is -2.04. The Hall–Kier alpha value is -0.360. The van der Waals surface area contributed by atoms with Crippen molar-refractivity contribution in [2.75, 3.05) is 7.05 Å². The normalized spacial score (nSPS) is 10.8. The van der Waals surface area contributed by atoms with Gasteiger partial charge in [0, 0.05) is 20.8 Å². The second-order valence-electron chi connectivity index (χ2n) is 3.87. The number of rotatable bonds is 5. The van der Waals surface area contributed by atoms with Gasteiger partial charge in [-0.1, -0.05) is 12.1 Å². The lowest BCUT2D eigenvalue weighted by molar-refractivity contribution is 0.822. The topological polar surface area (TPSA) is 24.9 Å². The predicted molar refractivity (Wildman–Crippen MR) is 83.3 cm³/mol. The molecule has 96 valence electrons. The van der Waals surface area contributed by atoms with Crippen molar-refractivity contribution >= 4 is 39.0 Å². The molecule has 2 nitrogen and oxygen atoms in total. The molecule has 1 aromatic heterocycles. The average molecular weight is 343 g/mol. The van der Waals surface area contributed by atoms with Gasteiger partial charge >= 0.3 is 0 Å². The van der Waals surface area contributed by atoms with E-state index in [1.54, 1.807) is 11.3 Å². The van der Waals surface area contributed by atoms with Gasteiger partial charge in [0.2, 0.25) is 0 Å². The van der Waals surface area contributed by atoms with Crippen molar-refractivity contribution in [3.8, 4) is 0 Å². The molecule has 2 rings (SSSR count). The van der Waals surface area contributed by atoms with Crippen molar-refractivity contribution in [1.29, 1.82) is 0 Å². The molecule has 0 amide bonds. The van der Waals surface area contributed by atoms with E-state index < -0.39 is 0 Å². The fraction of sp³-hybridized carbons (Fsp3) is 0.308. The molecule has 0 aliphatic heterocycles. The van der Waals surface area contributed by atoms with Crippen LogP contribution in [-0.4, -0.2) is 12.0 Å². The lowest BCUT2D eigenvalue weighted by atomic mass is 10.4. The molecule has 1 N–H and O–H groups in total. The minimum atomic E-state index is 0.906. The summed E-state index contributed by atoms with van der Waals surface area (Å²) in [5.41, 5.74) is 1.15. The van der Waals surface area contributed by atoms with E-state index in [9.17, 15) is 0 Å². The van der Waals surface area contributed by atoms with Crippen LogP contribution in [0.3, 0.4) is 0 Å². The Morgan fingerprint density at radius 3 is 2.89 bits per heavy atom. The van der Waals surface area contributed by atoms with Crippen LogP contribution in [0.15, 0.2) is 33.6 Å². The molecule has 5 heteroatoms. The van der Waals surface area contributed by atoms with Gasteiger partial charge in [-0.2, -0.15) is 0 Å². The molecule has 2 aromatic rings. The first kappa shape index (κ1) is 14.1. The third-order valence-corrected chi connectivity index (χ3v) is 5.84. The molecule has 0 saturated carbocycles. The molecule has 1 aromatic carbocycles. The first-order valence-corrected chi connectivity index (χ1v) is 8.27. The summed E-state index contributed by atoms with van der Waals surface area (Å²) in [4.78, 5) is 7.21. The zero-order valence-corrected chi connectivity index (χ0v) is 13.6. The molecule has 0 saturated heterocycles. The minimum absolute atomic E-state index is 0.906. The summed E-state index contributed by atoms with van der Waals surface area (Å²) in [6.07, 6.45) is 0. The highest BCUT2D eigenvalue weighted by Gasteiger charge is 2.08. The largest absolute Gasteiger partial charge is 0.315 e. The molecule has 18 heavy (non-hydrogen) atoms. The maximum Gasteiger partial charge on any atom is 0.103 e. The monoisotopic (exact) mass is 342 g/mol. The van der Waals surface area contributed by atoms with Crippen LogP contribution in [-0.2, 0) is 12.3 Å². The number of aryl methyl sites for hydroxylation is 1. The van der Waals surface area contributed by atoms with Gasteiger partial charge in [-0.3, -0.25) is 0 Å². The fourth-order valence-electron chi connectivity index (χ4n) is 1.58. The quantitative estimate of drug-likeness (QED) is 0.823. The van der Waals surface area contributed by atoms with Crippen molar-refractivity contribution in [2.45, 2.75) is 24.1 Å². The Kier molecular flexibility index (Phi) is 5.24. The Labute approximate surface area is 124 Å². The highest BCUT2D eigenvalue weighted by Crippen LogP contribution is 2.31. The van der Waals surface area contributed by atoms with Crippen LogP contribution in [0.4, 0.5) is 0 Å². The number of hydrogen-bond donors (Lipinski definition) is 1.